The quantitative estimate of drug-likeness (QED) is 0.641. The number of aryl methyl sites for hydroxylation is 2. The van der Waals surface area contributed by atoms with Crippen molar-refractivity contribution in [2.24, 2.45) is 0 Å². The first-order valence-electron chi connectivity index (χ1n) is 7.84. The van der Waals surface area contributed by atoms with Gasteiger partial charge in [0.05, 0.1) is 18.8 Å². The van der Waals surface area contributed by atoms with Crippen LogP contribution in [-0.2, 0) is 22.7 Å². The van der Waals surface area contributed by atoms with E-state index >= 15 is 0 Å². The van der Waals surface area contributed by atoms with Gasteiger partial charge in [0.1, 0.15) is 18.0 Å². The average Bonchev–Trinajstić information content (AvgIpc) is 2.91. The van der Waals surface area contributed by atoms with Crippen LogP contribution in [0.15, 0.2) is 29.3 Å². The minimum Gasteiger partial charge on any atom is -0.494 e. The lowest BCUT2D eigenvalue weighted by Gasteiger charge is -2.08. The SMILES string of the molecule is COc1ccc(COC(=O)Cn2cnc3sc(C)c(C)c3c2=O)cc1F. The molecule has 0 saturated carbocycles. The van der Waals surface area contributed by atoms with Crippen molar-refractivity contribution in [3.8, 4) is 5.75 Å². The smallest absolute Gasteiger partial charge is 0.326 e. The number of benzene rings is 1. The molecule has 0 atom stereocenters. The summed E-state index contributed by atoms with van der Waals surface area (Å²) in [6, 6.07) is 4.30. The Bertz CT molecular complexity index is 1040. The van der Waals surface area contributed by atoms with Gasteiger partial charge in [0.25, 0.3) is 5.56 Å². The van der Waals surface area contributed by atoms with Gasteiger partial charge in [-0.05, 0) is 37.1 Å². The van der Waals surface area contributed by atoms with Gasteiger partial charge in [-0.15, -0.1) is 11.3 Å². The number of ether oxygens (including phenoxy) is 2. The van der Waals surface area contributed by atoms with Crippen molar-refractivity contribution in [1.29, 1.82) is 0 Å². The van der Waals surface area contributed by atoms with E-state index < -0.39 is 11.8 Å². The Hall–Kier alpha value is -2.74. The molecule has 0 radical (unpaired) electrons. The van der Waals surface area contributed by atoms with Gasteiger partial charge in [-0.25, -0.2) is 9.37 Å². The maximum absolute atomic E-state index is 13.6. The van der Waals surface area contributed by atoms with E-state index in [0.29, 0.717) is 15.8 Å². The van der Waals surface area contributed by atoms with Crippen LogP contribution in [0.4, 0.5) is 4.39 Å². The lowest BCUT2D eigenvalue weighted by molar-refractivity contribution is -0.145. The van der Waals surface area contributed by atoms with Crippen molar-refractivity contribution in [3.05, 3.63) is 56.7 Å². The normalized spacial score (nSPS) is 10.9. The summed E-state index contributed by atoms with van der Waals surface area (Å²) < 4.78 is 24.8. The first-order chi connectivity index (χ1) is 12.4. The summed E-state index contributed by atoms with van der Waals surface area (Å²) in [7, 11) is 1.37. The summed E-state index contributed by atoms with van der Waals surface area (Å²) in [5.41, 5.74) is 1.09. The van der Waals surface area contributed by atoms with Gasteiger partial charge in [-0.2, -0.15) is 0 Å². The molecule has 0 unspecified atom stereocenters. The number of aromatic nitrogens is 2. The predicted molar refractivity (Wildman–Crippen MR) is 96.1 cm³/mol. The molecule has 136 valence electrons. The minimum atomic E-state index is -0.603. The van der Waals surface area contributed by atoms with Gasteiger partial charge >= 0.3 is 5.97 Å². The minimum absolute atomic E-state index is 0.0965. The molecule has 0 aliphatic heterocycles. The van der Waals surface area contributed by atoms with Gasteiger partial charge in [-0.3, -0.25) is 14.2 Å². The number of halogens is 1. The Kier molecular flexibility index (Phi) is 5.03. The molecule has 3 rings (SSSR count). The van der Waals surface area contributed by atoms with Crippen molar-refractivity contribution >= 4 is 27.5 Å². The second-order valence-electron chi connectivity index (χ2n) is 5.77. The fourth-order valence-electron chi connectivity index (χ4n) is 2.53. The Morgan fingerprint density at radius 2 is 2.12 bits per heavy atom. The molecule has 0 N–H and O–H groups in total. The molecule has 0 aliphatic rings. The van der Waals surface area contributed by atoms with Crippen LogP contribution >= 0.6 is 11.3 Å². The third-order valence-electron chi connectivity index (χ3n) is 4.07. The van der Waals surface area contributed by atoms with E-state index in [1.54, 1.807) is 6.07 Å². The second-order valence-corrected chi connectivity index (χ2v) is 6.97. The van der Waals surface area contributed by atoms with Crippen molar-refractivity contribution in [2.75, 3.05) is 7.11 Å². The fourth-order valence-corrected chi connectivity index (χ4v) is 3.52. The topological polar surface area (TPSA) is 70.4 Å². The Morgan fingerprint density at radius 3 is 2.81 bits per heavy atom. The van der Waals surface area contributed by atoms with E-state index in [9.17, 15) is 14.0 Å². The number of methoxy groups -OCH3 is 1. The lowest BCUT2D eigenvalue weighted by atomic mass is 10.2. The van der Waals surface area contributed by atoms with Crippen LogP contribution in [0.25, 0.3) is 10.2 Å². The number of nitrogens with zero attached hydrogens (tertiary/aromatic N) is 2. The molecule has 26 heavy (non-hydrogen) atoms. The van der Waals surface area contributed by atoms with Crippen LogP contribution in [-0.4, -0.2) is 22.6 Å². The van der Waals surface area contributed by atoms with Gasteiger partial charge in [0.15, 0.2) is 11.6 Å². The van der Waals surface area contributed by atoms with Crippen molar-refractivity contribution in [2.45, 2.75) is 27.0 Å². The summed E-state index contributed by atoms with van der Waals surface area (Å²) in [6.07, 6.45) is 1.34. The average molecular weight is 376 g/mol. The number of hydrogen-bond donors (Lipinski definition) is 0. The van der Waals surface area contributed by atoms with Crippen LogP contribution in [0.2, 0.25) is 0 Å². The highest BCUT2D eigenvalue weighted by Gasteiger charge is 2.14. The zero-order chi connectivity index (χ0) is 18.8. The molecule has 2 heterocycles. The van der Waals surface area contributed by atoms with Crippen LogP contribution in [0.3, 0.4) is 0 Å². The third-order valence-corrected chi connectivity index (χ3v) is 5.19. The van der Waals surface area contributed by atoms with E-state index in [-0.39, 0.29) is 24.5 Å². The highest BCUT2D eigenvalue weighted by Crippen LogP contribution is 2.25. The molecule has 0 bridgehead atoms. The van der Waals surface area contributed by atoms with Crippen LogP contribution in [0.1, 0.15) is 16.0 Å². The van der Waals surface area contributed by atoms with E-state index in [2.05, 4.69) is 4.98 Å². The highest BCUT2D eigenvalue weighted by atomic mass is 32.1. The summed E-state index contributed by atoms with van der Waals surface area (Å²) in [5.74, 6) is -1.02. The molecule has 3 aromatic rings. The molecule has 0 amide bonds. The Morgan fingerprint density at radius 1 is 1.35 bits per heavy atom. The Labute approximate surface area is 152 Å². The van der Waals surface area contributed by atoms with Gasteiger partial charge in [-0.1, -0.05) is 6.07 Å². The highest BCUT2D eigenvalue weighted by molar-refractivity contribution is 7.18. The van der Waals surface area contributed by atoms with Gasteiger partial charge in [0, 0.05) is 4.88 Å². The molecular weight excluding hydrogens is 359 g/mol. The summed E-state index contributed by atoms with van der Waals surface area (Å²) in [6.45, 7) is 3.43. The fraction of sp³-hybridized carbons (Fsp3) is 0.278. The van der Waals surface area contributed by atoms with E-state index in [4.69, 9.17) is 9.47 Å². The number of carbonyl (C=O) groups excluding carboxylic acids is 1. The first-order valence-corrected chi connectivity index (χ1v) is 8.65. The number of thiophene rings is 1. The number of hydrogen-bond acceptors (Lipinski definition) is 6. The van der Waals surface area contributed by atoms with Crippen LogP contribution < -0.4 is 10.3 Å². The van der Waals surface area contributed by atoms with Crippen LogP contribution in [0, 0.1) is 19.7 Å². The molecule has 1 aromatic carbocycles. The molecule has 0 spiro atoms. The Balaban J connectivity index is 1.71. The number of carbonyl (C=O) groups is 1. The maximum atomic E-state index is 13.6. The third kappa shape index (κ3) is 3.45. The monoisotopic (exact) mass is 376 g/mol. The second kappa shape index (κ2) is 7.25. The molecule has 6 nitrogen and oxygen atoms in total. The summed E-state index contributed by atoms with van der Waals surface area (Å²) >= 11 is 1.45. The van der Waals surface area contributed by atoms with Crippen molar-refractivity contribution in [3.63, 3.8) is 0 Å². The standard InChI is InChI=1S/C18H17FN2O4S/c1-10-11(2)26-17-16(10)18(23)21(9-20-17)7-15(22)25-8-12-4-5-14(24-3)13(19)6-12/h4-6,9H,7-8H2,1-3H3. The molecule has 0 fully saturated rings. The van der Waals surface area contributed by atoms with Crippen molar-refractivity contribution < 1.29 is 18.7 Å². The number of esters is 1. The number of rotatable bonds is 5. The largest absolute Gasteiger partial charge is 0.494 e. The van der Waals surface area contributed by atoms with E-state index in [0.717, 1.165) is 10.4 Å². The molecule has 8 heteroatoms. The van der Waals surface area contributed by atoms with Gasteiger partial charge in [0.2, 0.25) is 0 Å². The first kappa shape index (κ1) is 18.1. The zero-order valence-electron chi connectivity index (χ0n) is 14.5. The molecule has 0 saturated heterocycles. The number of fused-ring (bicyclic) bond motifs is 1. The summed E-state index contributed by atoms with van der Waals surface area (Å²) in [4.78, 5) is 30.5. The zero-order valence-corrected chi connectivity index (χ0v) is 15.4. The van der Waals surface area contributed by atoms with E-state index in [1.165, 1.54) is 41.5 Å². The maximum Gasteiger partial charge on any atom is 0.326 e. The summed E-state index contributed by atoms with van der Waals surface area (Å²) in [5, 5.41) is 0.528. The van der Waals surface area contributed by atoms with Gasteiger partial charge < -0.3 is 9.47 Å². The molecule has 0 aliphatic carbocycles. The van der Waals surface area contributed by atoms with Crippen LogP contribution in [0.5, 0.6) is 5.75 Å². The molecular formula is C18H17FN2O4S. The molecule has 2 aromatic heterocycles. The predicted octanol–water partition coefficient (Wildman–Crippen LogP) is 2.97. The van der Waals surface area contributed by atoms with E-state index in [1.807, 2.05) is 13.8 Å². The lowest BCUT2D eigenvalue weighted by Crippen LogP contribution is -2.25. The van der Waals surface area contributed by atoms with Crippen molar-refractivity contribution in [1.82, 2.24) is 9.55 Å².